The van der Waals surface area contributed by atoms with Gasteiger partial charge in [0.2, 0.25) is 0 Å². The van der Waals surface area contributed by atoms with E-state index in [4.69, 9.17) is 0 Å². The van der Waals surface area contributed by atoms with Crippen LogP contribution in [0, 0.1) is 6.42 Å². The van der Waals surface area contributed by atoms with Crippen molar-refractivity contribution in [2.45, 2.75) is 13.3 Å². The third-order valence-electron chi connectivity index (χ3n) is 2.42. The standard InChI is InChI=1S/C11H14N/c1-2-12-9-5-7-10-6-3-4-8-11(10)12/h3-4,6-8H,2,5,9H2,1H3. The van der Waals surface area contributed by atoms with E-state index < -0.39 is 0 Å². The fourth-order valence-electron chi connectivity index (χ4n) is 1.77. The number of hydrogen-bond donors (Lipinski definition) is 0. The van der Waals surface area contributed by atoms with Crippen LogP contribution in [0.3, 0.4) is 0 Å². The average molecular weight is 160 g/mol. The van der Waals surface area contributed by atoms with Crippen LogP contribution in [0.4, 0.5) is 5.69 Å². The summed E-state index contributed by atoms with van der Waals surface area (Å²) in [5.41, 5.74) is 2.79. The van der Waals surface area contributed by atoms with E-state index in [1.54, 1.807) is 0 Å². The molecular formula is C11H14N. The zero-order valence-corrected chi connectivity index (χ0v) is 7.46. The molecular weight excluding hydrogens is 146 g/mol. The first-order valence-electron chi connectivity index (χ1n) is 4.59. The number of fused-ring (bicyclic) bond motifs is 1. The molecule has 1 aliphatic rings. The van der Waals surface area contributed by atoms with Crippen molar-refractivity contribution in [1.82, 2.24) is 0 Å². The lowest BCUT2D eigenvalue weighted by Gasteiger charge is -2.29. The quantitative estimate of drug-likeness (QED) is 0.610. The van der Waals surface area contributed by atoms with Gasteiger partial charge in [0.15, 0.2) is 0 Å². The van der Waals surface area contributed by atoms with Gasteiger partial charge in [0.1, 0.15) is 0 Å². The maximum Gasteiger partial charge on any atom is 0.0401 e. The van der Waals surface area contributed by atoms with E-state index in [2.05, 4.69) is 42.5 Å². The van der Waals surface area contributed by atoms with Crippen molar-refractivity contribution in [2.75, 3.05) is 18.0 Å². The summed E-state index contributed by atoms with van der Waals surface area (Å²) in [6, 6.07) is 8.61. The molecule has 2 rings (SSSR count). The van der Waals surface area contributed by atoms with Crippen molar-refractivity contribution in [2.24, 2.45) is 0 Å². The molecule has 1 aromatic carbocycles. The Bertz CT molecular complexity index is 267. The van der Waals surface area contributed by atoms with Crippen LogP contribution >= 0.6 is 0 Å². The molecule has 1 aliphatic heterocycles. The lowest BCUT2D eigenvalue weighted by molar-refractivity contribution is 0.777. The highest BCUT2D eigenvalue weighted by molar-refractivity contribution is 5.58. The Morgan fingerprint density at radius 2 is 2.17 bits per heavy atom. The SMILES string of the molecule is CCN1CC[CH]c2ccccc21. The van der Waals surface area contributed by atoms with Crippen molar-refractivity contribution in [3.63, 3.8) is 0 Å². The van der Waals surface area contributed by atoms with Crippen LogP contribution in [0.25, 0.3) is 0 Å². The Kier molecular flexibility index (Phi) is 2.03. The first kappa shape index (κ1) is 7.66. The lowest BCUT2D eigenvalue weighted by atomic mass is 10.0. The van der Waals surface area contributed by atoms with E-state index >= 15 is 0 Å². The predicted octanol–water partition coefficient (Wildman–Crippen LogP) is 2.47. The maximum atomic E-state index is 2.43. The second kappa shape index (κ2) is 3.18. The normalized spacial score (nSPS) is 15.9. The fraction of sp³-hybridized carbons (Fsp3) is 0.364. The molecule has 12 heavy (non-hydrogen) atoms. The summed E-state index contributed by atoms with van der Waals surface area (Å²) in [4.78, 5) is 2.43. The van der Waals surface area contributed by atoms with Gasteiger partial charge in [-0.15, -0.1) is 0 Å². The van der Waals surface area contributed by atoms with Gasteiger partial charge in [-0.1, -0.05) is 18.2 Å². The Hall–Kier alpha value is -0.980. The summed E-state index contributed by atoms with van der Waals surface area (Å²) in [6.07, 6.45) is 3.51. The molecule has 0 bridgehead atoms. The van der Waals surface area contributed by atoms with Crippen LogP contribution in [0.2, 0.25) is 0 Å². The molecule has 0 N–H and O–H groups in total. The molecule has 0 fully saturated rings. The molecule has 0 spiro atoms. The molecule has 0 saturated carbocycles. The lowest BCUT2D eigenvalue weighted by Crippen LogP contribution is -2.28. The second-order valence-corrected chi connectivity index (χ2v) is 3.13. The minimum absolute atomic E-state index is 1.12. The van der Waals surface area contributed by atoms with E-state index in [0.29, 0.717) is 0 Å². The Balaban J connectivity index is 2.37. The van der Waals surface area contributed by atoms with Crippen LogP contribution in [0.1, 0.15) is 18.9 Å². The van der Waals surface area contributed by atoms with Gasteiger partial charge in [-0.3, -0.25) is 0 Å². The van der Waals surface area contributed by atoms with Gasteiger partial charge < -0.3 is 4.90 Å². The predicted molar refractivity (Wildman–Crippen MR) is 52.3 cm³/mol. The second-order valence-electron chi connectivity index (χ2n) is 3.13. The molecule has 1 heterocycles. The van der Waals surface area contributed by atoms with Crippen LogP contribution in [-0.2, 0) is 0 Å². The Labute approximate surface area is 74.0 Å². The van der Waals surface area contributed by atoms with Crippen molar-refractivity contribution in [3.8, 4) is 0 Å². The first-order valence-corrected chi connectivity index (χ1v) is 4.59. The molecule has 0 aromatic heterocycles. The van der Waals surface area contributed by atoms with Crippen molar-refractivity contribution in [1.29, 1.82) is 0 Å². The van der Waals surface area contributed by atoms with Gasteiger partial charge >= 0.3 is 0 Å². The Morgan fingerprint density at radius 1 is 1.33 bits per heavy atom. The topological polar surface area (TPSA) is 3.24 Å². The summed E-state index contributed by atoms with van der Waals surface area (Å²) >= 11 is 0. The molecule has 0 unspecified atom stereocenters. The number of hydrogen-bond acceptors (Lipinski definition) is 1. The molecule has 1 aromatic rings. The zero-order valence-electron chi connectivity index (χ0n) is 7.46. The summed E-state index contributed by atoms with van der Waals surface area (Å²) in [5.74, 6) is 0. The molecule has 0 atom stereocenters. The van der Waals surface area contributed by atoms with Crippen molar-refractivity contribution >= 4 is 5.69 Å². The van der Waals surface area contributed by atoms with Gasteiger partial charge in [-0.2, -0.15) is 0 Å². The molecule has 1 nitrogen and oxygen atoms in total. The number of nitrogens with zero attached hydrogens (tertiary/aromatic N) is 1. The molecule has 63 valence electrons. The van der Waals surface area contributed by atoms with Gasteiger partial charge in [0, 0.05) is 18.8 Å². The number of benzene rings is 1. The van der Waals surface area contributed by atoms with Crippen molar-refractivity contribution in [3.05, 3.63) is 36.2 Å². The average Bonchev–Trinajstić information content (AvgIpc) is 2.17. The van der Waals surface area contributed by atoms with Gasteiger partial charge in [0.25, 0.3) is 0 Å². The van der Waals surface area contributed by atoms with E-state index in [9.17, 15) is 0 Å². The van der Waals surface area contributed by atoms with E-state index in [0.717, 1.165) is 6.54 Å². The van der Waals surface area contributed by atoms with Gasteiger partial charge in [-0.05, 0) is 31.4 Å². The van der Waals surface area contributed by atoms with E-state index in [1.807, 2.05) is 0 Å². The summed E-state index contributed by atoms with van der Waals surface area (Å²) in [6.45, 7) is 4.50. The van der Waals surface area contributed by atoms with Crippen LogP contribution in [0.15, 0.2) is 24.3 Å². The minimum atomic E-state index is 1.12. The molecule has 1 radical (unpaired) electrons. The van der Waals surface area contributed by atoms with Gasteiger partial charge in [-0.25, -0.2) is 0 Å². The van der Waals surface area contributed by atoms with E-state index in [1.165, 1.54) is 24.2 Å². The summed E-state index contributed by atoms with van der Waals surface area (Å²) in [7, 11) is 0. The first-order chi connectivity index (χ1) is 5.92. The van der Waals surface area contributed by atoms with Crippen molar-refractivity contribution < 1.29 is 0 Å². The smallest absolute Gasteiger partial charge is 0.0401 e. The minimum Gasteiger partial charge on any atom is -0.372 e. The number of para-hydroxylation sites is 1. The molecule has 0 saturated heterocycles. The fourth-order valence-corrected chi connectivity index (χ4v) is 1.77. The zero-order chi connectivity index (χ0) is 8.39. The number of rotatable bonds is 1. The summed E-state index contributed by atoms with van der Waals surface area (Å²) < 4.78 is 0. The number of anilines is 1. The third-order valence-corrected chi connectivity index (χ3v) is 2.42. The van der Waals surface area contributed by atoms with Crippen LogP contribution in [-0.4, -0.2) is 13.1 Å². The highest BCUT2D eigenvalue weighted by atomic mass is 15.1. The Morgan fingerprint density at radius 3 is 3.00 bits per heavy atom. The van der Waals surface area contributed by atoms with Crippen LogP contribution < -0.4 is 4.90 Å². The third kappa shape index (κ3) is 1.20. The van der Waals surface area contributed by atoms with Crippen LogP contribution in [0.5, 0.6) is 0 Å². The molecule has 0 aliphatic carbocycles. The molecule has 1 heteroatoms. The molecule has 0 amide bonds. The highest BCUT2D eigenvalue weighted by Gasteiger charge is 2.13. The largest absolute Gasteiger partial charge is 0.372 e. The summed E-state index contributed by atoms with van der Waals surface area (Å²) in [5, 5.41) is 0. The van der Waals surface area contributed by atoms with Gasteiger partial charge in [0.05, 0.1) is 0 Å². The monoisotopic (exact) mass is 160 g/mol. The highest BCUT2D eigenvalue weighted by Crippen LogP contribution is 2.27. The maximum absolute atomic E-state index is 2.43. The van der Waals surface area contributed by atoms with E-state index in [-0.39, 0.29) is 0 Å².